The molecule has 6 heteroatoms. The monoisotopic (exact) mass is 464 g/mol. The fraction of sp³-hybridized carbons (Fsp3) is 0.296. The van der Waals surface area contributed by atoms with Crippen molar-refractivity contribution in [3.8, 4) is 11.5 Å². The van der Waals surface area contributed by atoms with Gasteiger partial charge < -0.3 is 14.4 Å². The van der Waals surface area contributed by atoms with E-state index in [1.165, 1.54) is 5.56 Å². The van der Waals surface area contributed by atoms with Gasteiger partial charge in [-0.15, -0.1) is 0 Å². The van der Waals surface area contributed by atoms with Crippen molar-refractivity contribution in [1.82, 2.24) is 4.90 Å². The van der Waals surface area contributed by atoms with Gasteiger partial charge in [-0.3, -0.25) is 9.69 Å². The van der Waals surface area contributed by atoms with Gasteiger partial charge in [0.05, 0.1) is 14.2 Å². The molecule has 1 saturated heterocycles. The van der Waals surface area contributed by atoms with E-state index in [0.29, 0.717) is 17.1 Å². The predicted octanol–water partition coefficient (Wildman–Crippen LogP) is 5.67. The summed E-state index contributed by atoms with van der Waals surface area (Å²) in [6, 6.07) is 23.2. The second-order valence-electron chi connectivity index (χ2n) is 8.21. The summed E-state index contributed by atoms with van der Waals surface area (Å²) < 4.78 is 10.9. The number of hydrogen-bond acceptors (Lipinski definition) is 4. The average Bonchev–Trinajstić information content (AvgIpc) is 2.87. The van der Waals surface area contributed by atoms with E-state index in [2.05, 4.69) is 17.0 Å². The van der Waals surface area contributed by atoms with Crippen LogP contribution >= 0.6 is 11.6 Å². The number of halogens is 1. The second kappa shape index (κ2) is 10.7. The molecule has 4 rings (SSSR count). The van der Waals surface area contributed by atoms with Crippen LogP contribution < -0.4 is 14.4 Å². The molecule has 0 aliphatic carbocycles. The smallest absolute Gasteiger partial charge is 0.258 e. The van der Waals surface area contributed by atoms with Crippen LogP contribution in [0.15, 0.2) is 72.8 Å². The van der Waals surface area contributed by atoms with Crippen LogP contribution in [0.4, 0.5) is 5.69 Å². The maximum atomic E-state index is 13.6. The topological polar surface area (TPSA) is 42.0 Å². The van der Waals surface area contributed by atoms with Crippen LogP contribution in [0.2, 0.25) is 5.02 Å². The molecule has 0 atom stereocenters. The molecular weight excluding hydrogens is 436 g/mol. The normalized spacial score (nSPS) is 14.6. The highest BCUT2D eigenvalue weighted by atomic mass is 35.5. The average molecular weight is 465 g/mol. The van der Waals surface area contributed by atoms with Crippen molar-refractivity contribution in [2.24, 2.45) is 0 Å². The molecule has 3 aromatic rings. The lowest BCUT2D eigenvalue weighted by Gasteiger charge is -2.39. The SMILES string of the molecule is COc1ccc(N(C(=O)c2ccccc2)C2CCN(Cc3ccc(Cl)cc3)CC2)cc1OC. The Hall–Kier alpha value is -3.02. The molecule has 0 bridgehead atoms. The third kappa shape index (κ3) is 5.49. The van der Waals surface area contributed by atoms with Crippen LogP contribution in [-0.4, -0.2) is 44.2 Å². The largest absolute Gasteiger partial charge is 0.493 e. The summed E-state index contributed by atoms with van der Waals surface area (Å²) in [4.78, 5) is 18.0. The third-order valence-corrected chi connectivity index (χ3v) is 6.38. The molecule has 1 aliphatic heterocycles. The number of methoxy groups -OCH3 is 2. The Morgan fingerprint density at radius 2 is 1.61 bits per heavy atom. The third-order valence-electron chi connectivity index (χ3n) is 6.13. The highest BCUT2D eigenvalue weighted by Gasteiger charge is 2.30. The second-order valence-corrected chi connectivity index (χ2v) is 8.65. The number of amides is 1. The summed E-state index contributed by atoms with van der Waals surface area (Å²) >= 11 is 6.02. The van der Waals surface area contributed by atoms with Gasteiger partial charge in [0.1, 0.15) is 0 Å². The molecule has 1 fully saturated rings. The first-order chi connectivity index (χ1) is 16.1. The van der Waals surface area contributed by atoms with Crippen LogP contribution in [0.3, 0.4) is 0 Å². The number of nitrogens with zero attached hydrogens (tertiary/aromatic N) is 2. The number of ether oxygens (including phenoxy) is 2. The van der Waals surface area contributed by atoms with Gasteiger partial charge in [0.25, 0.3) is 5.91 Å². The minimum absolute atomic E-state index is 0.000953. The molecule has 0 unspecified atom stereocenters. The zero-order chi connectivity index (χ0) is 23.2. The minimum atomic E-state index is -0.000953. The summed E-state index contributed by atoms with van der Waals surface area (Å²) in [5, 5.41) is 0.752. The summed E-state index contributed by atoms with van der Waals surface area (Å²) in [5.74, 6) is 1.26. The maximum Gasteiger partial charge on any atom is 0.258 e. The molecule has 1 amide bonds. The number of benzene rings is 3. The first kappa shape index (κ1) is 23.1. The number of piperidine rings is 1. The van der Waals surface area contributed by atoms with Crippen molar-refractivity contribution in [3.63, 3.8) is 0 Å². The van der Waals surface area contributed by atoms with Crippen LogP contribution in [-0.2, 0) is 6.54 Å². The molecule has 0 N–H and O–H groups in total. The van der Waals surface area contributed by atoms with Crippen molar-refractivity contribution >= 4 is 23.2 Å². The number of likely N-dealkylation sites (tertiary alicyclic amines) is 1. The van der Waals surface area contributed by atoms with Gasteiger partial charge in [-0.2, -0.15) is 0 Å². The van der Waals surface area contributed by atoms with E-state index in [4.69, 9.17) is 21.1 Å². The fourth-order valence-corrected chi connectivity index (χ4v) is 4.50. The Morgan fingerprint density at radius 1 is 0.939 bits per heavy atom. The van der Waals surface area contributed by atoms with Gasteiger partial charge in [0, 0.05) is 48.0 Å². The molecule has 1 heterocycles. The summed E-state index contributed by atoms with van der Waals surface area (Å²) in [7, 11) is 3.22. The van der Waals surface area contributed by atoms with Gasteiger partial charge in [0.2, 0.25) is 0 Å². The summed E-state index contributed by atoms with van der Waals surface area (Å²) in [6.07, 6.45) is 1.78. The molecular formula is C27H29ClN2O3. The van der Waals surface area contributed by atoms with E-state index in [1.54, 1.807) is 14.2 Å². The Bertz CT molecular complexity index is 1060. The van der Waals surface area contributed by atoms with E-state index >= 15 is 0 Å². The molecule has 172 valence electrons. The minimum Gasteiger partial charge on any atom is -0.493 e. The van der Waals surface area contributed by atoms with E-state index < -0.39 is 0 Å². The van der Waals surface area contributed by atoms with Crippen LogP contribution in [0.25, 0.3) is 0 Å². The van der Waals surface area contributed by atoms with Gasteiger partial charge in [-0.05, 0) is 54.8 Å². The fourth-order valence-electron chi connectivity index (χ4n) is 4.37. The van der Waals surface area contributed by atoms with Gasteiger partial charge in [-0.1, -0.05) is 41.9 Å². The standard InChI is InChI=1S/C27H29ClN2O3/c1-32-25-13-12-24(18-26(25)33-2)30(27(31)21-6-4-3-5-7-21)23-14-16-29(17-15-23)19-20-8-10-22(28)11-9-20/h3-13,18,23H,14-17,19H2,1-2H3. The Labute approximate surface area is 200 Å². The van der Waals surface area contributed by atoms with E-state index in [0.717, 1.165) is 43.2 Å². The Morgan fingerprint density at radius 3 is 2.24 bits per heavy atom. The Balaban J connectivity index is 1.55. The lowest BCUT2D eigenvalue weighted by molar-refractivity contribution is 0.0958. The van der Waals surface area contributed by atoms with E-state index in [9.17, 15) is 4.79 Å². The molecule has 0 spiro atoms. The van der Waals surface area contributed by atoms with E-state index in [-0.39, 0.29) is 11.9 Å². The number of rotatable bonds is 7. The van der Waals surface area contributed by atoms with Crippen LogP contribution in [0, 0.1) is 0 Å². The number of carbonyl (C=O) groups excluding carboxylic acids is 1. The quantitative estimate of drug-likeness (QED) is 0.452. The number of hydrogen-bond donors (Lipinski definition) is 0. The predicted molar refractivity (Wildman–Crippen MR) is 133 cm³/mol. The van der Waals surface area contributed by atoms with Gasteiger partial charge in [0.15, 0.2) is 11.5 Å². The number of carbonyl (C=O) groups is 1. The zero-order valence-corrected chi connectivity index (χ0v) is 19.8. The van der Waals surface area contributed by atoms with Crippen molar-refractivity contribution in [2.45, 2.75) is 25.4 Å². The lowest BCUT2D eigenvalue weighted by atomic mass is 10.00. The first-order valence-corrected chi connectivity index (χ1v) is 11.5. The molecule has 5 nitrogen and oxygen atoms in total. The van der Waals surface area contributed by atoms with E-state index in [1.807, 2.05) is 65.6 Å². The molecule has 1 aliphatic rings. The van der Waals surface area contributed by atoms with Crippen LogP contribution in [0.5, 0.6) is 11.5 Å². The molecule has 3 aromatic carbocycles. The van der Waals surface area contributed by atoms with Gasteiger partial charge in [-0.25, -0.2) is 0 Å². The van der Waals surface area contributed by atoms with Crippen LogP contribution in [0.1, 0.15) is 28.8 Å². The van der Waals surface area contributed by atoms with Gasteiger partial charge >= 0.3 is 0 Å². The number of anilines is 1. The van der Waals surface area contributed by atoms with Crippen molar-refractivity contribution < 1.29 is 14.3 Å². The maximum absolute atomic E-state index is 13.6. The highest BCUT2D eigenvalue weighted by Crippen LogP contribution is 2.34. The first-order valence-electron chi connectivity index (χ1n) is 11.2. The molecule has 0 aromatic heterocycles. The van der Waals surface area contributed by atoms with Crippen molar-refractivity contribution in [3.05, 3.63) is 88.9 Å². The molecule has 33 heavy (non-hydrogen) atoms. The highest BCUT2D eigenvalue weighted by molar-refractivity contribution is 6.30. The zero-order valence-electron chi connectivity index (χ0n) is 19.0. The van der Waals surface area contributed by atoms with Crippen molar-refractivity contribution in [2.75, 3.05) is 32.2 Å². The molecule has 0 saturated carbocycles. The summed E-state index contributed by atoms with van der Waals surface area (Å²) in [5.41, 5.74) is 2.74. The van der Waals surface area contributed by atoms with Crippen molar-refractivity contribution in [1.29, 1.82) is 0 Å². The summed E-state index contributed by atoms with van der Waals surface area (Å²) in [6.45, 7) is 2.71. The lowest BCUT2D eigenvalue weighted by Crippen LogP contribution is -2.47. The Kier molecular flexibility index (Phi) is 7.53. The molecule has 0 radical (unpaired) electrons.